The molecule has 2 N–H and O–H groups in total. The lowest BCUT2D eigenvalue weighted by Gasteiger charge is -2.23. The Balaban J connectivity index is 3.07. The van der Waals surface area contributed by atoms with E-state index in [1.165, 1.54) is 6.20 Å². The molecule has 0 unspecified atom stereocenters. The van der Waals surface area contributed by atoms with Gasteiger partial charge in [0, 0.05) is 19.3 Å². The molecule has 0 spiro atoms. The summed E-state index contributed by atoms with van der Waals surface area (Å²) in [6, 6.07) is 3.97. The molecule has 0 aliphatic heterocycles. The van der Waals surface area contributed by atoms with Crippen LogP contribution in [0.25, 0.3) is 0 Å². The fourth-order valence-electron chi connectivity index (χ4n) is 1.07. The summed E-state index contributed by atoms with van der Waals surface area (Å²) in [5, 5.41) is 8.64. The van der Waals surface area contributed by atoms with Crippen molar-refractivity contribution in [2.75, 3.05) is 17.7 Å². The molecule has 74 valence electrons. The van der Waals surface area contributed by atoms with Crippen LogP contribution in [0.2, 0.25) is 0 Å². The van der Waals surface area contributed by atoms with Crippen LogP contribution in [-0.2, 0) is 0 Å². The molecule has 4 nitrogen and oxygen atoms in total. The zero-order chi connectivity index (χ0) is 10.7. The van der Waals surface area contributed by atoms with E-state index < -0.39 is 0 Å². The minimum Gasteiger partial charge on any atom is -0.396 e. The smallest absolute Gasteiger partial charge is 0.151 e. The van der Waals surface area contributed by atoms with Crippen molar-refractivity contribution in [1.82, 2.24) is 4.98 Å². The van der Waals surface area contributed by atoms with Crippen molar-refractivity contribution in [2.45, 2.75) is 19.9 Å². The van der Waals surface area contributed by atoms with Gasteiger partial charge in [0.1, 0.15) is 6.07 Å². The van der Waals surface area contributed by atoms with Gasteiger partial charge >= 0.3 is 0 Å². The van der Waals surface area contributed by atoms with Crippen molar-refractivity contribution in [1.29, 1.82) is 5.26 Å². The number of nitriles is 1. The van der Waals surface area contributed by atoms with Crippen molar-refractivity contribution in [3.8, 4) is 6.07 Å². The lowest BCUT2D eigenvalue weighted by molar-refractivity contribution is 0.744. The molecule has 0 aromatic carbocycles. The van der Waals surface area contributed by atoms with Gasteiger partial charge in [-0.1, -0.05) is 0 Å². The van der Waals surface area contributed by atoms with Gasteiger partial charge in [0.2, 0.25) is 0 Å². The summed E-state index contributed by atoms with van der Waals surface area (Å²) in [4.78, 5) is 6.12. The molecule has 1 aromatic heterocycles. The number of aromatic nitrogens is 1. The van der Waals surface area contributed by atoms with Crippen LogP contribution in [0.3, 0.4) is 0 Å². The van der Waals surface area contributed by atoms with E-state index in [-0.39, 0.29) is 0 Å². The molecule has 1 heterocycles. The first-order valence-corrected chi connectivity index (χ1v) is 4.44. The summed E-state index contributed by atoms with van der Waals surface area (Å²) in [5.74, 6) is 0.721. The molecule has 0 radical (unpaired) electrons. The molecule has 0 aliphatic carbocycles. The van der Waals surface area contributed by atoms with Gasteiger partial charge in [-0.05, 0) is 19.9 Å². The third-order valence-corrected chi connectivity index (χ3v) is 2.13. The zero-order valence-corrected chi connectivity index (χ0v) is 8.65. The van der Waals surface area contributed by atoms with E-state index in [9.17, 15) is 0 Å². The number of nitrogens with two attached hydrogens (primary N) is 1. The summed E-state index contributed by atoms with van der Waals surface area (Å²) >= 11 is 0. The van der Waals surface area contributed by atoms with E-state index in [2.05, 4.69) is 18.8 Å². The Hall–Kier alpha value is -1.76. The maximum atomic E-state index is 8.64. The van der Waals surface area contributed by atoms with Crippen LogP contribution >= 0.6 is 0 Å². The number of nitrogen functional groups attached to an aromatic ring is 1. The average molecular weight is 190 g/mol. The number of hydrogen-bond acceptors (Lipinski definition) is 4. The predicted octanol–water partition coefficient (Wildman–Crippen LogP) is 1.38. The topological polar surface area (TPSA) is 65.9 Å². The Morgan fingerprint density at radius 1 is 1.57 bits per heavy atom. The van der Waals surface area contributed by atoms with Gasteiger partial charge in [-0.2, -0.15) is 5.26 Å². The SMILES string of the molecule is CC(C)N(C)c1ncc(C#N)cc1N. The van der Waals surface area contributed by atoms with Gasteiger partial charge in [0.15, 0.2) is 5.82 Å². The highest BCUT2D eigenvalue weighted by atomic mass is 15.2. The van der Waals surface area contributed by atoms with E-state index in [4.69, 9.17) is 11.0 Å². The molecule has 0 aliphatic rings. The normalized spacial score (nSPS) is 9.93. The Kier molecular flexibility index (Phi) is 2.92. The van der Waals surface area contributed by atoms with Crippen LogP contribution in [-0.4, -0.2) is 18.1 Å². The highest BCUT2D eigenvalue weighted by molar-refractivity contribution is 5.64. The Morgan fingerprint density at radius 2 is 2.21 bits per heavy atom. The van der Waals surface area contributed by atoms with Crippen molar-refractivity contribution >= 4 is 11.5 Å². The largest absolute Gasteiger partial charge is 0.396 e. The summed E-state index contributed by atoms with van der Waals surface area (Å²) in [6.07, 6.45) is 1.53. The second-order valence-corrected chi connectivity index (χ2v) is 3.45. The molecule has 14 heavy (non-hydrogen) atoms. The summed E-state index contributed by atoms with van der Waals surface area (Å²) < 4.78 is 0. The minimum absolute atomic E-state index is 0.331. The first-order chi connectivity index (χ1) is 6.56. The lowest BCUT2D eigenvalue weighted by Crippen LogP contribution is -2.27. The Labute approximate surface area is 84.0 Å². The van der Waals surface area contributed by atoms with E-state index in [1.54, 1.807) is 6.07 Å². The quantitative estimate of drug-likeness (QED) is 0.765. The maximum Gasteiger partial charge on any atom is 0.151 e. The van der Waals surface area contributed by atoms with Crippen LogP contribution in [0.15, 0.2) is 12.3 Å². The molecule has 1 aromatic rings. The number of anilines is 2. The number of nitrogens with zero attached hydrogens (tertiary/aromatic N) is 3. The standard InChI is InChI=1S/C10H14N4/c1-7(2)14(3)10-9(12)4-8(5-11)6-13-10/h4,6-7H,12H2,1-3H3. The Morgan fingerprint density at radius 3 is 2.64 bits per heavy atom. The second-order valence-electron chi connectivity index (χ2n) is 3.45. The van der Waals surface area contributed by atoms with Crippen LogP contribution in [0.4, 0.5) is 11.5 Å². The van der Waals surface area contributed by atoms with E-state index in [0.29, 0.717) is 17.3 Å². The minimum atomic E-state index is 0.331. The number of hydrogen-bond donors (Lipinski definition) is 1. The van der Waals surface area contributed by atoms with Crippen molar-refractivity contribution in [3.05, 3.63) is 17.8 Å². The maximum absolute atomic E-state index is 8.64. The van der Waals surface area contributed by atoms with Crippen molar-refractivity contribution < 1.29 is 0 Å². The lowest BCUT2D eigenvalue weighted by atomic mass is 10.2. The molecule has 0 saturated heterocycles. The molecule has 1 rings (SSSR count). The molecular formula is C10H14N4. The molecular weight excluding hydrogens is 176 g/mol. The van der Waals surface area contributed by atoms with Gasteiger partial charge in [-0.3, -0.25) is 0 Å². The molecule has 0 amide bonds. The van der Waals surface area contributed by atoms with Gasteiger partial charge in [-0.25, -0.2) is 4.98 Å². The van der Waals surface area contributed by atoms with Gasteiger partial charge < -0.3 is 10.6 Å². The first-order valence-electron chi connectivity index (χ1n) is 4.44. The monoisotopic (exact) mass is 190 g/mol. The second kappa shape index (κ2) is 3.97. The zero-order valence-electron chi connectivity index (χ0n) is 8.65. The number of pyridine rings is 1. The van der Waals surface area contributed by atoms with Gasteiger partial charge in [-0.15, -0.1) is 0 Å². The van der Waals surface area contributed by atoms with Crippen LogP contribution < -0.4 is 10.6 Å². The fraction of sp³-hybridized carbons (Fsp3) is 0.400. The summed E-state index contributed by atoms with van der Waals surface area (Å²) in [7, 11) is 1.93. The molecule has 0 fully saturated rings. The van der Waals surface area contributed by atoms with Crippen LogP contribution in [0.5, 0.6) is 0 Å². The van der Waals surface area contributed by atoms with E-state index in [1.807, 2.05) is 18.0 Å². The van der Waals surface area contributed by atoms with Crippen LogP contribution in [0.1, 0.15) is 19.4 Å². The van der Waals surface area contributed by atoms with Crippen LogP contribution in [0, 0.1) is 11.3 Å². The van der Waals surface area contributed by atoms with Crippen molar-refractivity contribution in [2.24, 2.45) is 0 Å². The molecule has 4 heteroatoms. The molecule has 0 atom stereocenters. The first kappa shape index (κ1) is 10.3. The van der Waals surface area contributed by atoms with E-state index in [0.717, 1.165) is 5.82 Å². The highest BCUT2D eigenvalue weighted by Crippen LogP contribution is 2.21. The van der Waals surface area contributed by atoms with Gasteiger partial charge in [0.05, 0.1) is 11.3 Å². The fourth-order valence-corrected chi connectivity index (χ4v) is 1.07. The van der Waals surface area contributed by atoms with E-state index >= 15 is 0 Å². The highest BCUT2D eigenvalue weighted by Gasteiger charge is 2.10. The average Bonchev–Trinajstić information content (AvgIpc) is 2.16. The Bertz CT molecular complexity index is 365. The summed E-state index contributed by atoms with van der Waals surface area (Å²) in [5.41, 5.74) is 6.81. The molecule has 0 bridgehead atoms. The summed E-state index contributed by atoms with van der Waals surface area (Å²) in [6.45, 7) is 4.11. The van der Waals surface area contributed by atoms with Crippen molar-refractivity contribution in [3.63, 3.8) is 0 Å². The predicted molar refractivity (Wildman–Crippen MR) is 56.9 cm³/mol. The third-order valence-electron chi connectivity index (χ3n) is 2.13. The van der Waals surface area contributed by atoms with Gasteiger partial charge in [0.25, 0.3) is 0 Å². The molecule has 0 saturated carbocycles. The third kappa shape index (κ3) is 1.94. The number of rotatable bonds is 2.